The van der Waals surface area contributed by atoms with Crippen LogP contribution in [-0.2, 0) is 12.8 Å². The van der Waals surface area contributed by atoms with Gasteiger partial charge in [0.05, 0.1) is 24.1 Å². The van der Waals surface area contributed by atoms with Crippen molar-refractivity contribution >= 4 is 11.7 Å². The number of rotatable bonds is 5. The van der Waals surface area contributed by atoms with Gasteiger partial charge in [0.15, 0.2) is 0 Å². The fourth-order valence-corrected chi connectivity index (χ4v) is 4.57. The van der Waals surface area contributed by atoms with Crippen LogP contribution in [0.25, 0.3) is 11.1 Å². The fraction of sp³-hybridized carbons (Fsp3) is 0.280. The Morgan fingerprint density at radius 3 is 3.00 bits per heavy atom. The van der Waals surface area contributed by atoms with Crippen molar-refractivity contribution < 1.29 is 14.6 Å². The van der Waals surface area contributed by atoms with E-state index in [2.05, 4.69) is 52.9 Å². The Bertz CT molecular complexity index is 1160. The summed E-state index contributed by atoms with van der Waals surface area (Å²) in [7, 11) is 0. The summed E-state index contributed by atoms with van der Waals surface area (Å²) in [5.74, 6) is 0.0624. The lowest BCUT2D eigenvalue weighted by Crippen LogP contribution is -2.34. The summed E-state index contributed by atoms with van der Waals surface area (Å²) in [5, 5.41) is 16.2. The number of aryl methyl sites for hydroxylation is 1. The van der Waals surface area contributed by atoms with E-state index in [9.17, 15) is 9.90 Å². The van der Waals surface area contributed by atoms with Gasteiger partial charge in [-0.1, -0.05) is 18.2 Å². The number of pyridine rings is 1. The molecule has 2 aromatic carbocycles. The zero-order chi connectivity index (χ0) is 21.4. The maximum Gasteiger partial charge on any atom is 0.337 e. The Morgan fingerprint density at radius 1 is 1.23 bits per heavy atom. The minimum Gasteiger partial charge on any atom is -0.493 e. The molecule has 2 aliphatic heterocycles. The summed E-state index contributed by atoms with van der Waals surface area (Å²) >= 11 is 0. The molecule has 6 nitrogen and oxygen atoms in total. The summed E-state index contributed by atoms with van der Waals surface area (Å²) in [4.78, 5) is 15.5. The zero-order valence-electron chi connectivity index (χ0n) is 17.4. The van der Waals surface area contributed by atoms with Gasteiger partial charge in [0, 0.05) is 25.2 Å². The van der Waals surface area contributed by atoms with Gasteiger partial charge in [0.25, 0.3) is 0 Å². The Hall–Kier alpha value is -3.38. The number of nitrogens with zero attached hydrogens (tertiary/aromatic N) is 1. The second-order valence-electron chi connectivity index (χ2n) is 8.15. The number of nitrogens with one attached hydrogen (secondary N) is 2. The smallest absolute Gasteiger partial charge is 0.337 e. The number of aromatic carboxylic acids is 1. The van der Waals surface area contributed by atoms with Crippen LogP contribution in [0.2, 0.25) is 0 Å². The van der Waals surface area contributed by atoms with Gasteiger partial charge in [-0.2, -0.15) is 0 Å². The molecule has 1 aromatic heterocycles. The van der Waals surface area contributed by atoms with Crippen LogP contribution in [-0.4, -0.2) is 35.8 Å². The monoisotopic (exact) mass is 415 g/mol. The summed E-state index contributed by atoms with van der Waals surface area (Å²) < 4.78 is 5.70. The van der Waals surface area contributed by atoms with Crippen LogP contribution < -0.4 is 15.4 Å². The predicted octanol–water partition coefficient (Wildman–Crippen LogP) is 3.99. The number of anilines is 1. The van der Waals surface area contributed by atoms with Crippen molar-refractivity contribution in [3.8, 4) is 16.9 Å². The van der Waals surface area contributed by atoms with Gasteiger partial charge in [-0.25, -0.2) is 4.79 Å². The highest BCUT2D eigenvalue weighted by Crippen LogP contribution is 2.35. The summed E-state index contributed by atoms with van der Waals surface area (Å²) in [6, 6.07) is 12.7. The van der Waals surface area contributed by atoms with Crippen molar-refractivity contribution in [2.45, 2.75) is 25.8 Å². The van der Waals surface area contributed by atoms with Crippen molar-refractivity contribution in [1.82, 2.24) is 10.3 Å². The molecule has 158 valence electrons. The molecule has 0 unspecified atom stereocenters. The third kappa shape index (κ3) is 3.75. The van der Waals surface area contributed by atoms with E-state index in [0.717, 1.165) is 31.7 Å². The first-order valence-electron chi connectivity index (χ1n) is 10.6. The number of fused-ring (bicyclic) bond motifs is 2. The molecular weight excluding hydrogens is 390 g/mol. The molecular formula is C25H25N3O3. The van der Waals surface area contributed by atoms with Gasteiger partial charge in [0.1, 0.15) is 5.75 Å². The molecule has 0 radical (unpaired) electrons. The van der Waals surface area contributed by atoms with Gasteiger partial charge in [-0.3, -0.25) is 4.98 Å². The van der Waals surface area contributed by atoms with Crippen LogP contribution in [0.5, 0.6) is 5.75 Å². The summed E-state index contributed by atoms with van der Waals surface area (Å²) in [5.41, 5.74) is 8.38. The average molecular weight is 415 g/mol. The minimum atomic E-state index is -0.957. The molecule has 31 heavy (non-hydrogen) atoms. The van der Waals surface area contributed by atoms with Gasteiger partial charge in [-0.15, -0.1) is 0 Å². The van der Waals surface area contributed by atoms with E-state index >= 15 is 0 Å². The van der Waals surface area contributed by atoms with E-state index in [1.165, 1.54) is 45.6 Å². The van der Waals surface area contributed by atoms with Gasteiger partial charge in [0.2, 0.25) is 0 Å². The first kappa shape index (κ1) is 19.6. The molecule has 0 saturated carbocycles. The Morgan fingerprint density at radius 2 is 2.13 bits per heavy atom. The molecule has 0 bridgehead atoms. The highest BCUT2D eigenvalue weighted by atomic mass is 16.5. The third-order valence-electron chi connectivity index (χ3n) is 6.20. The van der Waals surface area contributed by atoms with E-state index in [0.29, 0.717) is 12.2 Å². The first-order valence-corrected chi connectivity index (χ1v) is 10.6. The highest BCUT2D eigenvalue weighted by molar-refractivity contribution is 5.93. The van der Waals surface area contributed by atoms with Crippen molar-refractivity contribution in [1.29, 1.82) is 0 Å². The molecule has 0 spiro atoms. The van der Waals surface area contributed by atoms with E-state index in [1.54, 1.807) is 6.20 Å². The predicted molar refractivity (Wildman–Crippen MR) is 120 cm³/mol. The van der Waals surface area contributed by atoms with Gasteiger partial charge < -0.3 is 20.5 Å². The van der Waals surface area contributed by atoms with E-state index in [-0.39, 0.29) is 11.6 Å². The molecule has 3 aromatic rings. The molecule has 3 heterocycles. The van der Waals surface area contributed by atoms with E-state index in [1.807, 2.05) is 0 Å². The number of ether oxygens (including phenoxy) is 1. The molecule has 1 atom stereocenters. The maximum absolute atomic E-state index is 11.5. The Labute approximate surface area is 181 Å². The van der Waals surface area contributed by atoms with Crippen LogP contribution in [0.1, 0.15) is 38.7 Å². The minimum absolute atomic E-state index is 0.106. The van der Waals surface area contributed by atoms with E-state index < -0.39 is 5.97 Å². The van der Waals surface area contributed by atoms with Crippen molar-refractivity contribution in [2.75, 3.05) is 25.0 Å². The molecule has 0 saturated heterocycles. The average Bonchev–Trinajstić information content (AvgIpc) is 3.24. The van der Waals surface area contributed by atoms with Gasteiger partial charge in [-0.05, 0) is 71.5 Å². The number of hydrogen-bond donors (Lipinski definition) is 3. The fourth-order valence-electron chi connectivity index (χ4n) is 4.57. The number of aromatic nitrogens is 1. The molecule has 5 rings (SSSR count). The number of benzene rings is 2. The number of carboxylic acids is 1. The SMILES string of the molecule is Cc1cc2c(cc1-c1ccc3c(c1)CCN[C@@H]3CNc1cnccc1C(=O)O)CCO2. The van der Waals surface area contributed by atoms with Crippen LogP contribution in [0.3, 0.4) is 0 Å². The summed E-state index contributed by atoms with van der Waals surface area (Å²) in [6.07, 6.45) is 5.01. The van der Waals surface area contributed by atoms with Crippen molar-refractivity contribution in [3.63, 3.8) is 0 Å². The van der Waals surface area contributed by atoms with E-state index in [4.69, 9.17) is 4.74 Å². The third-order valence-corrected chi connectivity index (χ3v) is 6.20. The first-order chi connectivity index (χ1) is 15.1. The topological polar surface area (TPSA) is 83.5 Å². The van der Waals surface area contributed by atoms with Gasteiger partial charge >= 0.3 is 5.97 Å². The van der Waals surface area contributed by atoms with Crippen molar-refractivity contribution in [2.24, 2.45) is 0 Å². The molecule has 6 heteroatoms. The highest BCUT2D eigenvalue weighted by Gasteiger charge is 2.22. The quantitative estimate of drug-likeness (QED) is 0.585. The van der Waals surface area contributed by atoms with Crippen LogP contribution in [0.15, 0.2) is 48.8 Å². The lowest BCUT2D eigenvalue weighted by atomic mass is 9.89. The number of carboxylic acid groups (broad SMARTS) is 1. The van der Waals surface area contributed by atoms with Crippen LogP contribution in [0.4, 0.5) is 5.69 Å². The van der Waals surface area contributed by atoms with Crippen molar-refractivity contribution in [3.05, 3.63) is 76.6 Å². The number of hydrogen-bond acceptors (Lipinski definition) is 5. The Balaban J connectivity index is 1.40. The second kappa shape index (κ2) is 8.04. The Kier molecular flexibility index (Phi) is 5.08. The normalized spacial score (nSPS) is 16.9. The lowest BCUT2D eigenvalue weighted by molar-refractivity contribution is 0.0697. The molecule has 2 aliphatic rings. The molecule has 3 N–H and O–H groups in total. The number of carbonyl (C=O) groups is 1. The molecule has 0 amide bonds. The molecule has 0 aliphatic carbocycles. The standard InChI is InChI=1S/C25H25N3O3/c1-15-10-24-18(6-9-31-24)12-21(15)16-2-3-19-17(11-16)4-8-27-23(19)14-28-22-13-26-7-5-20(22)25(29)30/h2-3,5,7,10-13,23,27-28H,4,6,8-9,14H2,1H3,(H,29,30)/t23-/m1/s1. The second-order valence-corrected chi connectivity index (χ2v) is 8.15. The van der Waals surface area contributed by atoms with Crippen LogP contribution in [0, 0.1) is 6.92 Å². The largest absolute Gasteiger partial charge is 0.493 e. The zero-order valence-corrected chi connectivity index (χ0v) is 17.4. The summed E-state index contributed by atoms with van der Waals surface area (Å²) in [6.45, 7) is 4.38. The maximum atomic E-state index is 11.5. The molecule has 0 fully saturated rings. The lowest BCUT2D eigenvalue weighted by Gasteiger charge is -2.28. The van der Waals surface area contributed by atoms with Crippen LogP contribution >= 0.6 is 0 Å².